The van der Waals surface area contributed by atoms with E-state index in [2.05, 4.69) is 19.9 Å². The normalized spacial score (nSPS) is 12.8. The Morgan fingerprint density at radius 1 is 1.07 bits per heavy atom. The van der Waals surface area contributed by atoms with E-state index < -0.39 is 23.7 Å². The first-order valence-corrected chi connectivity index (χ1v) is 14.9. The van der Waals surface area contributed by atoms with Crippen molar-refractivity contribution in [2.24, 2.45) is 4.99 Å². The van der Waals surface area contributed by atoms with Gasteiger partial charge in [0.1, 0.15) is 18.5 Å². The highest BCUT2D eigenvalue weighted by Crippen LogP contribution is 2.31. The number of esters is 1. The molecule has 10 heteroatoms. The fraction of sp³-hybridized carbons (Fsp3) is 0.222. The van der Waals surface area contributed by atoms with E-state index >= 15 is 0 Å². The standard InChI is InChI=1S/C36H34FN5O4/c1-22-16-23(12-14-30(22)37)32-29(9-7-15-38-32)24-11-13-27-19-40-33(42(27)20-24)34(43)45-21-26(41-35(44)46-36(2,3)4)17-25-18-39-31-10-6-5-8-28(25)31/h5-16,18-20,26,39H,17,21H2,1-4H3,(H,41,44)/p-1. The van der Waals surface area contributed by atoms with Gasteiger partial charge in [-0.3, -0.25) is 14.4 Å². The molecule has 46 heavy (non-hydrogen) atoms. The van der Waals surface area contributed by atoms with Crippen molar-refractivity contribution < 1.29 is 23.8 Å². The van der Waals surface area contributed by atoms with Crippen LogP contribution < -0.4 is 5.11 Å². The number of benzene rings is 2. The van der Waals surface area contributed by atoms with Crippen molar-refractivity contribution in [3.05, 3.63) is 114 Å². The highest BCUT2D eigenvalue weighted by Gasteiger charge is 2.20. The highest BCUT2D eigenvalue weighted by atomic mass is 19.1. The third-order valence-electron chi connectivity index (χ3n) is 7.48. The molecular formula is C36H33FN5O4-. The molecule has 0 aliphatic rings. The number of aryl methyl sites for hydroxylation is 1. The van der Waals surface area contributed by atoms with E-state index in [1.54, 1.807) is 62.8 Å². The molecule has 9 nitrogen and oxygen atoms in total. The van der Waals surface area contributed by atoms with Gasteiger partial charge in [-0.25, -0.2) is 14.2 Å². The van der Waals surface area contributed by atoms with Crippen LogP contribution in [0, 0.1) is 12.7 Å². The molecule has 0 fully saturated rings. The largest absolute Gasteiger partial charge is 0.595 e. The van der Waals surface area contributed by atoms with E-state index in [4.69, 9.17) is 9.47 Å². The highest BCUT2D eigenvalue weighted by molar-refractivity contribution is 5.88. The van der Waals surface area contributed by atoms with Crippen LogP contribution in [0.1, 0.15) is 42.5 Å². The maximum atomic E-state index is 14.0. The molecule has 0 spiro atoms. The predicted molar refractivity (Wildman–Crippen MR) is 173 cm³/mol. The summed E-state index contributed by atoms with van der Waals surface area (Å²) in [7, 11) is 0. The topological polar surface area (TPSA) is 117 Å². The molecular weight excluding hydrogens is 585 g/mol. The Balaban J connectivity index is 1.27. The maximum absolute atomic E-state index is 14.0. The molecule has 4 heterocycles. The molecule has 0 saturated carbocycles. The predicted octanol–water partition coefficient (Wildman–Crippen LogP) is 6.29. The molecule has 4 aromatic heterocycles. The molecule has 0 amide bonds. The number of fused-ring (bicyclic) bond motifs is 2. The van der Waals surface area contributed by atoms with E-state index in [9.17, 15) is 14.3 Å². The van der Waals surface area contributed by atoms with Crippen molar-refractivity contribution in [3.63, 3.8) is 0 Å². The van der Waals surface area contributed by atoms with Crippen LogP contribution in [0.3, 0.4) is 0 Å². The lowest BCUT2D eigenvalue weighted by Crippen LogP contribution is -2.34. The number of aromatic amines is 1. The van der Waals surface area contributed by atoms with Crippen molar-refractivity contribution in [1.82, 2.24) is 19.4 Å². The Labute approximate surface area is 265 Å². The summed E-state index contributed by atoms with van der Waals surface area (Å²) in [5, 5.41) is 13.7. The summed E-state index contributed by atoms with van der Waals surface area (Å²) in [6.45, 7) is 6.84. The molecule has 2 aromatic carbocycles. The Morgan fingerprint density at radius 3 is 2.67 bits per heavy atom. The number of nitrogens with zero attached hydrogens (tertiary/aromatic N) is 4. The Bertz CT molecular complexity index is 2070. The summed E-state index contributed by atoms with van der Waals surface area (Å²) in [5.41, 5.74) is 5.41. The zero-order valence-corrected chi connectivity index (χ0v) is 26.0. The van der Waals surface area contributed by atoms with Gasteiger partial charge < -0.3 is 19.6 Å². The minimum absolute atomic E-state index is 0.0722. The van der Waals surface area contributed by atoms with Crippen molar-refractivity contribution >= 4 is 28.5 Å². The fourth-order valence-corrected chi connectivity index (χ4v) is 5.33. The van der Waals surface area contributed by atoms with Crippen molar-refractivity contribution in [1.29, 1.82) is 0 Å². The van der Waals surface area contributed by atoms with Crippen LogP contribution in [0.5, 0.6) is 0 Å². The van der Waals surface area contributed by atoms with E-state index in [1.807, 2.05) is 54.7 Å². The zero-order chi connectivity index (χ0) is 32.4. The van der Waals surface area contributed by atoms with Gasteiger partial charge in [0, 0.05) is 58.2 Å². The van der Waals surface area contributed by atoms with Gasteiger partial charge >= 0.3 is 5.97 Å². The monoisotopic (exact) mass is 618 g/mol. The number of ether oxygens (including phenoxy) is 2. The number of nitrogens with one attached hydrogen (secondary N) is 1. The minimum atomic E-state index is -0.729. The fourth-order valence-electron chi connectivity index (χ4n) is 5.33. The summed E-state index contributed by atoms with van der Waals surface area (Å²) in [6, 6.07) is 19.5. The number of aromatic nitrogens is 4. The second-order valence-electron chi connectivity index (χ2n) is 12.1. The molecule has 1 atom stereocenters. The second kappa shape index (κ2) is 12.5. The third-order valence-corrected chi connectivity index (χ3v) is 7.48. The summed E-state index contributed by atoms with van der Waals surface area (Å²) in [4.78, 5) is 29.8. The van der Waals surface area contributed by atoms with Gasteiger partial charge in [-0.1, -0.05) is 51.1 Å². The number of H-pyrrole nitrogens is 1. The molecule has 0 aliphatic heterocycles. The number of para-hydroxylation sites is 1. The number of hydrogen-bond donors (Lipinski definition) is 1. The van der Waals surface area contributed by atoms with Gasteiger partial charge in [0.2, 0.25) is 5.82 Å². The molecule has 6 aromatic rings. The average molecular weight is 619 g/mol. The number of hydrogen-bond acceptors (Lipinski definition) is 7. The van der Waals surface area contributed by atoms with E-state index in [1.165, 1.54) is 6.07 Å². The first kappa shape index (κ1) is 30.5. The summed E-state index contributed by atoms with van der Waals surface area (Å²) >= 11 is 0. The number of imidazole rings is 1. The smallest absolute Gasteiger partial charge is 0.375 e. The number of aliphatic imine (C=N–C) groups is 1. The van der Waals surface area contributed by atoms with Crippen LogP contribution in [-0.4, -0.2) is 49.7 Å². The van der Waals surface area contributed by atoms with Crippen LogP contribution in [0.15, 0.2) is 96.5 Å². The lowest BCUT2D eigenvalue weighted by molar-refractivity contribution is -0.261. The third kappa shape index (κ3) is 6.61. The molecule has 6 rings (SSSR count). The lowest BCUT2D eigenvalue weighted by Gasteiger charge is -2.30. The van der Waals surface area contributed by atoms with Crippen LogP contribution in [-0.2, 0) is 15.9 Å². The first-order valence-electron chi connectivity index (χ1n) is 14.9. The summed E-state index contributed by atoms with van der Waals surface area (Å²) in [5.74, 6) is -0.879. The van der Waals surface area contributed by atoms with Crippen molar-refractivity contribution in [2.45, 2.75) is 45.8 Å². The number of rotatable bonds is 8. The molecule has 0 bridgehead atoms. The number of pyridine rings is 2. The van der Waals surface area contributed by atoms with E-state index in [0.29, 0.717) is 23.2 Å². The Hall–Kier alpha value is -5.51. The van der Waals surface area contributed by atoms with Gasteiger partial charge in [-0.2, -0.15) is 0 Å². The van der Waals surface area contributed by atoms with Crippen LogP contribution in [0.4, 0.5) is 4.39 Å². The van der Waals surface area contributed by atoms with Gasteiger partial charge in [-0.15, -0.1) is 0 Å². The van der Waals surface area contributed by atoms with E-state index in [-0.39, 0.29) is 18.2 Å². The second-order valence-corrected chi connectivity index (χ2v) is 12.1. The van der Waals surface area contributed by atoms with Gasteiger partial charge in [0.05, 0.1) is 23.4 Å². The van der Waals surface area contributed by atoms with Gasteiger partial charge in [0.15, 0.2) is 0 Å². The molecule has 1 unspecified atom stereocenters. The summed E-state index contributed by atoms with van der Waals surface area (Å²) < 4.78 is 26.8. The maximum Gasteiger partial charge on any atom is 0.375 e. The first-order chi connectivity index (χ1) is 22.1. The zero-order valence-electron chi connectivity index (χ0n) is 26.0. The molecule has 234 valence electrons. The van der Waals surface area contributed by atoms with E-state index in [0.717, 1.165) is 33.2 Å². The van der Waals surface area contributed by atoms with Crippen LogP contribution in [0.25, 0.3) is 38.8 Å². The summed E-state index contributed by atoms with van der Waals surface area (Å²) in [6.07, 6.45) is 6.55. The average Bonchev–Trinajstić information content (AvgIpc) is 3.64. The van der Waals surface area contributed by atoms with Crippen molar-refractivity contribution in [2.75, 3.05) is 6.61 Å². The van der Waals surface area contributed by atoms with Gasteiger partial charge in [-0.05, 0) is 54.4 Å². The lowest BCUT2D eigenvalue weighted by atomic mass is 9.99. The quantitative estimate of drug-likeness (QED) is 0.122. The molecule has 0 aliphatic carbocycles. The van der Waals surface area contributed by atoms with Crippen LogP contribution in [0.2, 0.25) is 0 Å². The number of carbonyl (C=O) groups excluding carboxylic acids is 1. The Kier molecular flexibility index (Phi) is 8.27. The number of halogens is 1. The SMILES string of the molecule is Cc1cc(-c2ncccc2-c2ccc3cnc(C(=O)OCC(Cc4c[nH]c5ccccc45)N=C([O-])OC(C)(C)C)n3c2)ccc1F. The van der Waals surface area contributed by atoms with Gasteiger partial charge in [0.25, 0.3) is 0 Å². The Morgan fingerprint density at radius 2 is 1.87 bits per heavy atom. The molecule has 1 N–H and O–H groups in total. The molecule has 0 radical (unpaired) electrons. The minimum Gasteiger partial charge on any atom is -0.595 e. The van der Waals surface area contributed by atoms with Crippen molar-refractivity contribution in [3.8, 4) is 22.4 Å². The van der Waals surface area contributed by atoms with Crippen LogP contribution >= 0.6 is 0 Å². The number of carbonyl (C=O) groups is 1. The molecule has 0 saturated heterocycles.